The lowest BCUT2D eigenvalue weighted by molar-refractivity contribution is 0.403. The second kappa shape index (κ2) is 19.5. The highest BCUT2D eigenvalue weighted by Crippen LogP contribution is 2.12. The summed E-state index contributed by atoms with van der Waals surface area (Å²) in [5.41, 5.74) is 0. The topological polar surface area (TPSA) is 97.7 Å². The maximum absolute atomic E-state index is 9.78. The molecule has 0 heterocycles. The molecule has 0 atom stereocenters. The fourth-order valence-electron chi connectivity index (χ4n) is 2.27. The zero-order valence-electron chi connectivity index (χ0n) is 21.5. The normalized spacial score (nSPS) is 9.71. The maximum Gasteiger partial charge on any atom is 0.264 e. The molecular weight excluding hydrogens is 484 g/mol. The van der Waals surface area contributed by atoms with Gasteiger partial charge in [0, 0.05) is 0 Å². The molecule has 194 valence electrons. The number of rotatable bonds is 1. The average Bonchev–Trinajstić information content (AvgIpc) is 2.86. The zero-order chi connectivity index (χ0) is 27.3. The molecule has 1 N–H and O–H groups in total. The summed E-state index contributed by atoms with van der Waals surface area (Å²) < 4.78 is 49.3. The van der Waals surface area contributed by atoms with Gasteiger partial charge in [-0.05, 0) is 21.5 Å². The Morgan fingerprint density at radius 1 is 0.514 bits per heavy atom. The Morgan fingerprint density at radius 3 is 0.714 bits per heavy atom. The average molecular weight is 523 g/mol. The predicted molar refractivity (Wildman–Crippen MR) is 150 cm³/mol. The van der Waals surface area contributed by atoms with Crippen LogP contribution in [0.4, 0.5) is 0 Å². The van der Waals surface area contributed by atoms with Crippen molar-refractivity contribution in [1.82, 2.24) is 0 Å². The molecule has 4 aromatic rings. The van der Waals surface area contributed by atoms with Crippen molar-refractivity contribution in [1.29, 1.82) is 0 Å². The monoisotopic (exact) mass is 522 g/mol. The van der Waals surface area contributed by atoms with Crippen molar-refractivity contribution in [2.75, 3.05) is 19.6 Å². The molecule has 35 heavy (non-hydrogen) atoms. The molecule has 0 aliphatic heterocycles. The first-order valence-corrected chi connectivity index (χ1v) is 14.7. The molecule has 0 aliphatic rings. The molecular formula is C27H38O6S2. The van der Waals surface area contributed by atoms with E-state index in [2.05, 4.69) is 101 Å². The van der Waals surface area contributed by atoms with E-state index in [9.17, 15) is 16.8 Å². The van der Waals surface area contributed by atoms with E-state index in [1.165, 1.54) is 21.5 Å². The summed E-state index contributed by atoms with van der Waals surface area (Å²) in [6.45, 7) is 8.00. The van der Waals surface area contributed by atoms with Gasteiger partial charge < -0.3 is 0 Å². The highest BCUT2D eigenvalue weighted by molar-refractivity contribution is 7.86. The minimum Gasteiger partial charge on any atom is -0.286 e. The first-order valence-electron chi connectivity index (χ1n) is 11.1. The second-order valence-corrected chi connectivity index (χ2v) is 9.51. The van der Waals surface area contributed by atoms with E-state index in [1.54, 1.807) is 0 Å². The molecule has 0 saturated carbocycles. The highest BCUT2D eigenvalue weighted by Gasteiger charge is 1.90. The van der Waals surface area contributed by atoms with Crippen molar-refractivity contribution < 1.29 is 25.6 Å². The number of hydrogen-bond donors (Lipinski definition) is 1. The van der Waals surface area contributed by atoms with Crippen molar-refractivity contribution in [3.63, 3.8) is 0 Å². The van der Waals surface area contributed by atoms with Crippen LogP contribution in [0, 0.1) is 0 Å². The van der Waals surface area contributed by atoms with Crippen molar-refractivity contribution >= 4 is 41.8 Å². The third-order valence-corrected chi connectivity index (χ3v) is 4.23. The van der Waals surface area contributed by atoms with Gasteiger partial charge in [0.15, 0.2) is 0 Å². The molecule has 4 aromatic carbocycles. The van der Waals surface area contributed by atoms with Crippen LogP contribution < -0.4 is 0 Å². The van der Waals surface area contributed by atoms with E-state index in [0.29, 0.717) is 6.26 Å². The molecule has 0 bridgehead atoms. The van der Waals surface area contributed by atoms with Crippen LogP contribution in [0.15, 0.2) is 97.1 Å². The third kappa shape index (κ3) is 20.3. The maximum atomic E-state index is 9.78. The van der Waals surface area contributed by atoms with Crippen LogP contribution in [-0.2, 0) is 24.4 Å². The van der Waals surface area contributed by atoms with Crippen LogP contribution in [0.5, 0.6) is 0 Å². The van der Waals surface area contributed by atoms with Crippen LogP contribution in [-0.4, -0.2) is 41.0 Å². The molecule has 0 unspecified atom stereocenters. The van der Waals surface area contributed by atoms with Gasteiger partial charge in [0.05, 0.1) is 19.6 Å². The van der Waals surface area contributed by atoms with Gasteiger partial charge in [0.1, 0.15) is 0 Å². The summed E-state index contributed by atoms with van der Waals surface area (Å²) in [4.78, 5) is 0. The van der Waals surface area contributed by atoms with Gasteiger partial charge >= 0.3 is 0 Å². The van der Waals surface area contributed by atoms with Crippen molar-refractivity contribution in [3.8, 4) is 0 Å². The van der Waals surface area contributed by atoms with E-state index in [1.807, 2.05) is 27.7 Å². The highest BCUT2D eigenvalue weighted by atomic mass is 32.2. The lowest BCUT2D eigenvalue weighted by Crippen LogP contribution is -1.95. The summed E-state index contributed by atoms with van der Waals surface area (Å²) in [5.74, 6) is 0. The van der Waals surface area contributed by atoms with Crippen LogP contribution in [0.1, 0.15) is 27.7 Å². The van der Waals surface area contributed by atoms with Crippen LogP contribution in [0.25, 0.3) is 21.5 Å². The molecule has 8 heteroatoms. The first kappa shape index (κ1) is 34.4. The van der Waals surface area contributed by atoms with Crippen molar-refractivity contribution in [2.45, 2.75) is 27.7 Å². The lowest BCUT2D eigenvalue weighted by Gasteiger charge is -1.92. The van der Waals surface area contributed by atoms with Crippen LogP contribution in [0.2, 0.25) is 0 Å². The molecule has 4 rings (SSSR count). The van der Waals surface area contributed by atoms with E-state index in [4.69, 9.17) is 4.55 Å². The Morgan fingerprint density at radius 2 is 0.629 bits per heavy atom. The van der Waals surface area contributed by atoms with Gasteiger partial charge in [-0.3, -0.25) is 8.74 Å². The Hall–Kier alpha value is -2.78. The fraction of sp³-hybridized carbons (Fsp3) is 0.259. The van der Waals surface area contributed by atoms with E-state index < -0.39 is 20.2 Å². The largest absolute Gasteiger partial charge is 0.286 e. The van der Waals surface area contributed by atoms with Gasteiger partial charge in [-0.15, -0.1) is 0 Å². The minimum atomic E-state index is -3.67. The third-order valence-electron chi connectivity index (χ3n) is 3.62. The molecule has 0 amide bonds. The van der Waals surface area contributed by atoms with Gasteiger partial charge in [0.25, 0.3) is 20.2 Å². The second-order valence-electron chi connectivity index (χ2n) is 6.30. The van der Waals surface area contributed by atoms with Gasteiger partial charge in [0.2, 0.25) is 0 Å². The molecule has 0 fully saturated rings. The zero-order valence-corrected chi connectivity index (χ0v) is 23.2. The molecule has 0 saturated heterocycles. The minimum absolute atomic E-state index is 0.715. The van der Waals surface area contributed by atoms with Crippen molar-refractivity contribution in [2.24, 2.45) is 0 Å². The summed E-state index contributed by atoms with van der Waals surface area (Å²) >= 11 is 0. The van der Waals surface area contributed by atoms with Crippen LogP contribution >= 0.6 is 0 Å². The van der Waals surface area contributed by atoms with E-state index in [0.717, 1.165) is 13.4 Å². The fourth-order valence-corrected chi connectivity index (χ4v) is 2.27. The standard InChI is InChI=1S/2C10H8.C2H6O3S.2C2H6.CH4O3S/c2*1-2-6-10-8-4-3-7-9(10)5-1;1-5-6(2,3)4;2*1-2;1-5(2,3)4/h2*1-8H;1-2H3;2*1-2H3;1H3,(H,2,3,4). The quantitative estimate of drug-likeness (QED) is 0.217. The van der Waals surface area contributed by atoms with Crippen molar-refractivity contribution in [3.05, 3.63) is 97.1 Å². The number of hydrogen-bond acceptors (Lipinski definition) is 5. The van der Waals surface area contributed by atoms with E-state index >= 15 is 0 Å². The summed E-state index contributed by atoms with van der Waals surface area (Å²) in [6.07, 6.45) is 1.71. The SMILES string of the molecule is CC.CC.COS(C)(=O)=O.CS(=O)(=O)O.c1ccc2ccccc2c1.c1ccc2ccccc2c1. The molecule has 0 radical (unpaired) electrons. The molecule has 6 nitrogen and oxygen atoms in total. The Kier molecular flexibility index (Phi) is 19.2. The van der Waals surface area contributed by atoms with E-state index in [-0.39, 0.29) is 0 Å². The van der Waals surface area contributed by atoms with Gasteiger partial charge in [-0.2, -0.15) is 16.8 Å². The molecule has 0 spiro atoms. The van der Waals surface area contributed by atoms with Gasteiger partial charge in [-0.25, -0.2) is 0 Å². The lowest BCUT2D eigenvalue weighted by atomic mass is 10.1. The number of benzene rings is 4. The summed E-state index contributed by atoms with van der Waals surface area (Å²) in [5, 5.41) is 5.24. The molecule has 0 aromatic heterocycles. The Bertz CT molecular complexity index is 1080. The molecule has 0 aliphatic carbocycles. The number of fused-ring (bicyclic) bond motifs is 2. The first-order chi connectivity index (χ1) is 16.5. The summed E-state index contributed by atoms with van der Waals surface area (Å²) in [6, 6.07) is 33.4. The predicted octanol–water partition coefficient (Wildman–Crippen LogP) is 6.83. The van der Waals surface area contributed by atoms with Crippen LogP contribution in [0.3, 0.4) is 0 Å². The Balaban J connectivity index is 0. The summed E-state index contributed by atoms with van der Waals surface area (Å²) in [7, 11) is -5.71. The smallest absolute Gasteiger partial charge is 0.264 e. The Labute approximate surface area is 211 Å². The van der Waals surface area contributed by atoms with Gasteiger partial charge in [-0.1, -0.05) is 125 Å².